The van der Waals surface area contributed by atoms with Crippen molar-refractivity contribution in [2.45, 2.75) is 55.1 Å². The number of amides is 1. The fourth-order valence-electron chi connectivity index (χ4n) is 2.24. The second-order valence-electron chi connectivity index (χ2n) is 5.46. The van der Waals surface area contributed by atoms with Crippen molar-refractivity contribution in [2.24, 2.45) is 0 Å². The van der Waals surface area contributed by atoms with Gasteiger partial charge >= 0.3 is 0 Å². The van der Waals surface area contributed by atoms with Crippen LogP contribution in [-0.2, 0) is 14.3 Å². The molecule has 1 rings (SSSR count). The number of nitrogens with one attached hydrogen (secondary N) is 1. The van der Waals surface area contributed by atoms with Crippen LogP contribution in [0.2, 0.25) is 0 Å². The molecule has 1 aliphatic rings. The van der Waals surface area contributed by atoms with E-state index in [4.69, 9.17) is 24.9 Å². The zero-order valence-electron chi connectivity index (χ0n) is 12.9. The Hall–Kier alpha value is -0.970. The summed E-state index contributed by atoms with van der Waals surface area (Å²) >= 11 is 0. The average Bonchev–Trinajstić information content (AvgIpc) is 2.63. The van der Waals surface area contributed by atoms with Crippen LogP contribution in [0, 0.1) is 0 Å². The number of carbonyl (C=O) groups is 1. The molecule has 9 atom stereocenters. The van der Waals surface area contributed by atoms with Gasteiger partial charge in [-0.1, -0.05) is 0 Å². The minimum absolute atomic E-state index is 0.768. The Labute approximate surface area is 141 Å². The van der Waals surface area contributed by atoms with E-state index in [2.05, 4.69) is 0 Å². The molecule has 13 nitrogen and oxygen atoms in total. The summed E-state index contributed by atoms with van der Waals surface area (Å²) in [5.74, 6) is -1.44. The monoisotopic (exact) mass is 373 g/mol. The van der Waals surface area contributed by atoms with Gasteiger partial charge in [0.25, 0.3) is 5.91 Å². The molecule has 13 heteroatoms. The third-order valence-electron chi connectivity index (χ3n) is 3.74. The van der Waals surface area contributed by atoms with E-state index < -0.39 is 74.2 Å². The maximum Gasteiger partial charge on any atom is 0.274 e. The molecule has 0 aromatic heterocycles. The van der Waals surface area contributed by atoms with Gasteiger partial charge in [0.05, 0.1) is 13.2 Å². The number of rotatable bonds is 8. The Morgan fingerprint density at radius 1 is 1.08 bits per heavy atom. The molecule has 25 heavy (non-hydrogen) atoms. The van der Waals surface area contributed by atoms with Crippen LogP contribution in [0.5, 0.6) is 0 Å². The van der Waals surface area contributed by atoms with E-state index in [1.807, 2.05) is 0 Å². The second kappa shape index (κ2) is 9.65. The normalized spacial score (nSPS) is 34.8. The Balaban J connectivity index is 2.95. The van der Waals surface area contributed by atoms with Crippen LogP contribution in [0.1, 0.15) is 0 Å². The van der Waals surface area contributed by atoms with Gasteiger partial charge in [0.2, 0.25) is 0 Å². The van der Waals surface area contributed by atoms with Crippen molar-refractivity contribution < 1.29 is 60.3 Å². The van der Waals surface area contributed by atoms with Gasteiger partial charge in [-0.2, -0.15) is 0 Å². The smallest absolute Gasteiger partial charge is 0.274 e. The van der Waals surface area contributed by atoms with Crippen molar-refractivity contribution in [2.75, 3.05) is 13.2 Å². The second-order valence-corrected chi connectivity index (χ2v) is 5.46. The predicted octanol–water partition coefficient (Wildman–Crippen LogP) is -6.25. The SMILES string of the molecule is O=C(NO)C(O)C(O)C(O[C@@H]1OC(CO)[C@H](O)C(O)[C@@H]1O)C(O)CO. The quantitative estimate of drug-likeness (QED) is 0.141. The predicted molar refractivity (Wildman–Crippen MR) is 73.7 cm³/mol. The van der Waals surface area contributed by atoms with Crippen molar-refractivity contribution in [1.29, 1.82) is 0 Å². The van der Waals surface area contributed by atoms with Gasteiger partial charge in [-0.05, 0) is 0 Å². The summed E-state index contributed by atoms with van der Waals surface area (Å²) < 4.78 is 10.1. The fourth-order valence-corrected chi connectivity index (χ4v) is 2.24. The number of hydrogen-bond donors (Lipinski definition) is 10. The fraction of sp³-hybridized carbons (Fsp3) is 0.917. The van der Waals surface area contributed by atoms with Crippen LogP contribution in [0.15, 0.2) is 0 Å². The standard InChI is InChI=1S/C12H23NO12/c14-1-3(16)10(7(19)8(20)11(22)13-23)25-12-9(21)6(18)5(17)4(2-15)24-12/h3-10,12,14-21,23H,1-2H2,(H,13,22)/t3?,4?,5-,6?,7?,8?,9-,10?,12-/m0/s1. The Kier molecular flexibility index (Phi) is 8.52. The molecule has 0 radical (unpaired) electrons. The molecule has 1 aliphatic heterocycles. The lowest BCUT2D eigenvalue weighted by Gasteiger charge is -2.42. The molecule has 0 bridgehead atoms. The molecule has 6 unspecified atom stereocenters. The van der Waals surface area contributed by atoms with Gasteiger partial charge in [0.1, 0.15) is 42.7 Å². The summed E-state index contributed by atoms with van der Waals surface area (Å²) in [6.07, 6.45) is -16.8. The highest BCUT2D eigenvalue weighted by atomic mass is 16.7. The lowest BCUT2D eigenvalue weighted by Crippen LogP contribution is -2.62. The van der Waals surface area contributed by atoms with E-state index in [0.717, 1.165) is 5.48 Å². The molecule has 10 N–H and O–H groups in total. The lowest BCUT2D eigenvalue weighted by atomic mass is 9.98. The van der Waals surface area contributed by atoms with E-state index in [1.54, 1.807) is 0 Å². The minimum atomic E-state index is -2.29. The van der Waals surface area contributed by atoms with Crippen LogP contribution in [0.25, 0.3) is 0 Å². The molecule has 0 aromatic carbocycles. The van der Waals surface area contributed by atoms with Crippen LogP contribution in [-0.4, -0.2) is 120 Å². The van der Waals surface area contributed by atoms with Crippen LogP contribution in [0.3, 0.4) is 0 Å². The van der Waals surface area contributed by atoms with Gasteiger partial charge in [-0.25, -0.2) is 5.48 Å². The van der Waals surface area contributed by atoms with E-state index in [-0.39, 0.29) is 0 Å². The highest BCUT2D eigenvalue weighted by molar-refractivity contribution is 5.80. The molecule has 1 fully saturated rings. The Morgan fingerprint density at radius 3 is 2.16 bits per heavy atom. The number of aliphatic hydroxyl groups is 8. The van der Waals surface area contributed by atoms with E-state index in [9.17, 15) is 35.4 Å². The van der Waals surface area contributed by atoms with E-state index >= 15 is 0 Å². The zero-order valence-corrected chi connectivity index (χ0v) is 12.9. The van der Waals surface area contributed by atoms with Crippen molar-refractivity contribution in [3.05, 3.63) is 0 Å². The highest BCUT2D eigenvalue weighted by Crippen LogP contribution is 2.24. The molecule has 148 valence electrons. The van der Waals surface area contributed by atoms with Crippen LogP contribution < -0.4 is 5.48 Å². The number of ether oxygens (including phenoxy) is 2. The summed E-state index contributed by atoms with van der Waals surface area (Å²) in [5, 5.41) is 84.9. The largest absolute Gasteiger partial charge is 0.394 e. The third-order valence-corrected chi connectivity index (χ3v) is 3.74. The van der Waals surface area contributed by atoms with Gasteiger partial charge in [0, 0.05) is 0 Å². The molecule has 0 aliphatic carbocycles. The molecule has 0 spiro atoms. The first kappa shape index (κ1) is 22.1. The lowest BCUT2D eigenvalue weighted by molar-refractivity contribution is -0.326. The van der Waals surface area contributed by atoms with Gasteiger partial charge in [-0.15, -0.1) is 0 Å². The topological polar surface area (TPSA) is 230 Å². The third kappa shape index (κ3) is 5.02. The summed E-state index contributed by atoms with van der Waals surface area (Å²) in [5.41, 5.74) is 1.06. The Bertz CT molecular complexity index is 423. The maximum absolute atomic E-state index is 11.2. The number of carbonyl (C=O) groups excluding carboxylic acids is 1. The van der Waals surface area contributed by atoms with Gasteiger partial charge in [0.15, 0.2) is 12.4 Å². The molecule has 0 saturated carbocycles. The maximum atomic E-state index is 11.2. The molecular weight excluding hydrogens is 350 g/mol. The van der Waals surface area contributed by atoms with Crippen LogP contribution >= 0.6 is 0 Å². The van der Waals surface area contributed by atoms with Crippen molar-refractivity contribution in [3.63, 3.8) is 0 Å². The summed E-state index contributed by atoms with van der Waals surface area (Å²) in [4.78, 5) is 11.2. The first-order valence-corrected chi connectivity index (χ1v) is 7.24. The number of aliphatic hydroxyl groups excluding tert-OH is 8. The molecule has 0 aromatic rings. The number of hydrogen-bond acceptors (Lipinski definition) is 12. The van der Waals surface area contributed by atoms with Crippen LogP contribution in [0.4, 0.5) is 0 Å². The number of hydroxylamine groups is 1. The summed E-state index contributed by atoms with van der Waals surface area (Å²) in [7, 11) is 0. The first-order chi connectivity index (χ1) is 11.7. The summed E-state index contributed by atoms with van der Waals surface area (Å²) in [6.45, 7) is -1.76. The van der Waals surface area contributed by atoms with E-state index in [1.165, 1.54) is 0 Å². The average molecular weight is 373 g/mol. The molecule has 1 saturated heterocycles. The Morgan fingerprint density at radius 2 is 1.68 bits per heavy atom. The van der Waals surface area contributed by atoms with Crippen molar-refractivity contribution in [1.82, 2.24) is 5.48 Å². The van der Waals surface area contributed by atoms with Crippen molar-refractivity contribution in [3.8, 4) is 0 Å². The molecular formula is C12H23NO12. The molecule has 1 amide bonds. The zero-order chi connectivity index (χ0) is 19.3. The first-order valence-electron chi connectivity index (χ1n) is 7.24. The van der Waals surface area contributed by atoms with Gasteiger partial charge in [-0.3, -0.25) is 10.0 Å². The summed E-state index contributed by atoms with van der Waals surface area (Å²) in [6, 6.07) is 0. The van der Waals surface area contributed by atoms with E-state index in [0.29, 0.717) is 0 Å². The minimum Gasteiger partial charge on any atom is -0.394 e. The highest BCUT2D eigenvalue weighted by Gasteiger charge is 2.47. The van der Waals surface area contributed by atoms with Gasteiger partial charge < -0.3 is 50.3 Å². The van der Waals surface area contributed by atoms with Crippen molar-refractivity contribution >= 4 is 5.91 Å². The molecule has 1 heterocycles.